The number of carbonyl (C=O) groups is 1. The van der Waals surface area contributed by atoms with E-state index in [0.29, 0.717) is 20.8 Å². The number of fused-ring (bicyclic) bond motifs is 1. The zero-order chi connectivity index (χ0) is 18.9. The van der Waals surface area contributed by atoms with E-state index in [1.54, 1.807) is 6.07 Å². The molecule has 26 heavy (non-hydrogen) atoms. The highest BCUT2D eigenvalue weighted by Gasteiger charge is 2.39. The zero-order valence-electron chi connectivity index (χ0n) is 13.4. The molecule has 0 radical (unpaired) electrons. The first kappa shape index (κ1) is 18.5. The molecule has 1 heterocycles. The quantitative estimate of drug-likeness (QED) is 0.697. The number of amides is 1. The average Bonchev–Trinajstić information content (AvgIpc) is 2.83. The Bertz CT molecular complexity index is 1090. The Morgan fingerprint density at radius 1 is 1.08 bits per heavy atom. The van der Waals surface area contributed by atoms with Crippen molar-refractivity contribution < 1.29 is 26.4 Å². The minimum Gasteiger partial charge on any atom is -0.497 e. The number of benzene rings is 2. The van der Waals surface area contributed by atoms with Gasteiger partial charge in [-0.2, -0.15) is 0 Å². The van der Waals surface area contributed by atoms with E-state index < -0.39 is 24.8 Å². The third-order valence-electron chi connectivity index (χ3n) is 3.58. The summed E-state index contributed by atoms with van der Waals surface area (Å²) in [5.41, 5.74) is 0.0557. The summed E-state index contributed by atoms with van der Waals surface area (Å²) in [6.07, 6.45) is 0.948. The number of hydrogen-bond acceptors (Lipinski definition) is 7. The lowest BCUT2D eigenvalue weighted by molar-refractivity contribution is 0.0906. The molecule has 0 aromatic heterocycles. The molecule has 2 aromatic rings. The highest BCUT2D eigenvalue weighted by Crippen LogP contribution is 2.32. The molecule has 0 atom stereocenters. The van der Waals surface area contributed by atoms with Crippen molar-refractivity contribution in [3.8, 4) is 5.75 Å². The van der Waals surface area contributed by atoms with Gasteiger partial charge in [-0.3, -0.25) is 4.79 Å². The maximum atomic E-state index is 12.4. The topological polar surface area (TPSA) is 97.8 Å². The van der Waals surface area contributed by atoms with Crippen molar-refractivity contribution in [2.24, 2.45) is 0 Å². The van der Waals surface area contributed by atoms with Crippen molar-refractivity contribution >= 4 is 35.6 Å². The minimum atomic E-state index is -4.01. The van der Waals surface area contributed by atoms with Crippen LogP contribution in [0.4, 0.5) is 0 Å². The summed E-state index contributed by atoms with van der Waals surface area (Å²) in [7, 11) is -5.90. The molecule has 0 fully saturated rings. The molecule has 0 saturated heterocycles. The summed E-state index contributed by atoms with van der Waals surface area (Å²) in [5, 5.41) is 1.06. The number of methoxy groups -OCH3 is 1. The molecule has 0 saturated carbocycles. The molecule has 1 aliphatic heterocycles. The molecule has 136 valence electrons. The monoisotopic (exact) mass is 411 g/mol. The number of hydrogen-bond donors (Lipinski definition) is 0. The molecule has 10 heteroatoms. The SMILES string of the molecule is COc1ccc(S(=O)(=O)S/C=C/N2C(=O)c3ccccc3S2(=O)=O)cc1. The predicted molar refractivity (Wildman–Crippen MR) is 96.7 cm³/mol. The van der Waals surface area contributed by atoms with Crippen LogP contribution in [0.3, 0.4) is 0 Å². The Balaban J connectivity index is 1.81. The average molecular weight is 411 g/mol. The lowest BCUT2D eigenvalue weighted by atomic mass is 10.2. The van der Waals surface area contributed by atoms with Crippen LogP contribution in [0, 0.1) is 0 Å². The minimum absolute atomic E-state index is 0.0341. The van der Waals surface area contributed by atoms with Crippen molar-refractivity contribution in [3.05, 3.63) is 65.7 Å². The van der Waals surface area contributed by atoms with Crippen LogP contribution in [0.25, 0.3) is 0 Å². The van der Waals surface area contributed by atoms with Crippen molar-refractivity contribution in [1.29, 1.82) is 0 Å². The first-order chi connectivity index (χ1) is 12.3. The third-order valence-corrected chi connectivity index (χ3v) is 8.30. The summed E-state index contributed by atoms with van der Waals surface area (Å²) in [6, 6.07) is 11.6. The smallest absolute Gasteiger partial charge is 0.273 e. The molecule has 0 aliphatic carbocycles. The highest BCUT2D eigenvalue weighted by molar-refractivity contribution is 8.73. The van der Waals surface area contributed by atoms with Gasteiger partial charge < -0.3 is 4.74 Å². The van der Waals surface area contributed by atoms with E-state index in [4.69, 9.17) is 4.74 Å². The molecule has 0 N–H and O–H groups in total. The lowest BCUT2D eigenvalue weighted by Crippen LogP contribution is -2.23. The van der Waals surface area contributed by atoms with Crippen LogP contribution in [-0.4, -0.2) is 34.2 Å². The van der Waals surface area contributed by atoms with E-state index in [0.717, 1.165) is 11.6 Å². The molecule has 0 bridgehead atoms. The third kappa shape index (κ3) is 3.22. The number of nitrogens with zero attached hydrogens (tertiary/aromatic N) is 1. The van der Waals surface area contributed by atoms with Gasteiger partial charge >= 0.3 is 0 Å². The predicted octanol–water partition coefficient (Wildman–Crippen LogP) is 2.43. The first-order valence-corrected chi connectivity index (χ1v) is 11.5. The van der Waals surface area contributed by atoms with Crippen molar-refractivity contribution in [2.75, 3.05) is 7.11 Å². The van der Waals surface area contributed by atoms with Gasteiger partial charge in [0.15, 0.2) is 0 Å². The fraction of sp³-hybridized carbons (Fsp3) is 0.0625. The lowest BCUT2D eigenvalue weighted by Gasteiger charge is -2.08. The Labute approximate surface area is 154 Å². The fourth-order valence-electron chi connectivity index (χ4n) is 2.30. The highest BCUT2D eigenvalue weighted by atomic mass is 33.1. The largest absolute Gasteiger partial charge is 0.497 e. The number of sulfonamides is 1. The van der Waals surface area contributed by atoms with Crippen LogP contribution in [0.15, 0.2) is 69.9 Å². The summed E-state index contributed by atoms with van der Waals surface area (Å²) in [6.45, 7) is 0. The van der Waals surface area contributed by atoms with Gasteiger partial charge in [-0.25, -0.2) is 21.1 Å². The summed E-state index contributed by atoms with van der Waals surface area (Å²) >= 11 is 0. The standard InChI is InChI=1S/C16H13NO6S3/c1-23-12-6-8-13(9-7-12)26(21,22)24-11-10-17-16(18)14-4-2-3-5-15(14)25(17,19)20/h2-11H,1H3/b11-10+. The molecular weight excluding hydrogens is 398 g/mol. The Hall–Kier alpha value is -2.30. The van der Waals surface area contributed by atoms with Crippen LogP contribution in [-0.2, 0) is 18.9 Å². The maximum absolute atomic E-state index is 12.4. The van der Waals surface area contributed by atoms with E-state index in [-0.39, 0.29) is 15.4 Å². The molecule has 1 amide bonds. The fourth-order valence-corrected chi connectivity index (χ4v) is 5.96. The number of rotatable bonds is 5. The second kappa shape index (κ2) is 6.78. The van der Waals surface area contributed by atoms with Gasteiger partial charge in [0, 0.05) is 22.4 Å². The molecule has 1 aliphatic rings. The van der Waals surface area contributed by atoms with Gasteiger partial charge in [0.2, 0.25) is 8.87 Å². The molecule has 0 spiro atoms. The maximum Gasteiger partial charge on any atom is 0.273 e. The molecule has 7 nitrogen and oxygen atoms in total. The molecule has 2 aromatic carbocycles. The first-order valence-electron chi connectivity index (χ1n) is 7.19. The van der Waals surface area contributed by atoms with Gasteiger partial charge in [-0.15, -0.1) is 0 Å². The Morgan fingerprint density at radius 3 is 2.35 bits per heavy atom. The van der Waals surface area contributed by atoms with E-state index in [1.807, 2.05) is 0 Å². The molecular formula is C16H13NO6S3. The van der Waals surface area contributed by atoms with Crippen LogP contribution in [0.1, 0.15) is 10.4 Å². The summed E-state index contributed by atoms with van der Waals surface area (Å²) in [4.78, 5) is 12.2. The molecule has 0 unspecified atom stereocenters. The molecule has 3 rings (SSSR count). The second-order valence-corrected chi connectivity index (χ2v) is 10.6. The van der Waals surface area contributed by atoms with Crippen LogP contribution >= 0.6 is 10.8 Å². The van der Waals surface area contributed by atoms with E-state index >= 15 is 0 Å². The van der Waals surface area contributed by atoms with Gasteiger partial charge in [0.25, 0.3) is 15.9 Å². The van der Waals surface area contributed by atoms with Gasteiger partial charge in [0.1, 0.15) is 10.6 Å². The van der Waals surface area contributed by atoms with Crippen LogP contribution in [0.2, 0.25) is 0 Å². The van der Waals surface area contributed by atoms with E-state index in [9.17, 15) is 21.6 Å². The Kier molecular flexibility index (Phi) is 4.82. The number of ether oxygens (including phenoxy) is 1. The van der Waals surface area contributed by atoms with Crippen molar-refractivity contribution in [3.63, 3.8) is 0 Å². The second-order valence-electron chi connectivity index (χ2n) is 5.11. The Morgan fingerprint density at radius 2 is 1.73 bits per heavy atom. The zero-order valence-corrected chi connectivity index (χ0v) is 15.8. The summed E-state index contributed by atoms with van der Waals surface area (Å²) < 4.78 is 54.8. The summed E-state index contributed by atoms with van der Waals surface area (Å²) in [5.74, 6) is -0.213. The van der Waals surface area contributed by atoms with Gasteiger partial charge in [0.05, 0.1) is 17.6 Å². The van der Waals surface area contributed by atoms with Gasteiger partial charge in [-0.05, 0) is 36.4 Å². The van der Waals surface area contributed by atoms with E-state index in [2.05, 4.69) is 0 Å². The van der Waals surface area contributed by atoms with Gasteiger partial charge in [-0.1, -0.05) is 12.1 Å². The van der Waals surface area contributed by atoms with Crippen LogP contribution < -0.4 is 4.74 Å². The van der Waals surface area contributed by atoms with E-state index in [1.165, 1.54) is 49.6 Å². The van der Waals surface area contributed by atoms with Crippen molar-refractivity contribution in [1.82, 2.24) is 4.31 Å². The van der Waals surface area contributed by atoms with Crippen molar-refractivity contribution in [2.45, 2.75) is 9.79 Å². The normalized spacial score (nSPS) is 16.0. The number of carbonyl (C=O) groups excluding carboxylic acids is 1. The van der Waals surface area contributed by atoms with Crippen LogP contribution in [0.5, 0.6) is 5.75 Å².